The summed E-state index contributed by atoms with van der Waals surface area (Å²) in [6.45, 7) is 5.94. The number of carbonyl (C=O) groups excluding carboxylic acids is 5. The van der Waals surface area contributed by atoms with Gasteiger partial charge in [0.1, 0.15) is 36.0 Å². The number of rotatable bonds is 24. The van der Waals surface area contributed by atoms with Gasteiger partial charge in [-0.05, 0) is 88.1 Å². The Bertz CT molecular complexity index is 1490. The van der Waals surface area contributed by atoms with Gasteiger partial charge in [-0.25, -0.2) is 9.36 Å². The van der Waals surface area contributed by atoms with E-state index in [0.29, 0.717) is 70.1 Å². The molecule has 1 fully saturated rings. The second-order valence-corrected chi connectivity index (χ2v) is 15.1. The van der Waals surface area contributed by atoms with Crippen molar-refractivity contribution in [1.82, 2.24) is 26.2 Å². The number of aliphatic carboxylic acids is 1. The largest absolute Gasteiger partial charge is 0.524 e. The number of nitrogens with two attached hydrogens (primary N) is 3. The van der Waals surface area contributed by atoms with E-state index in [-0.39, 0.29) is 25.0 Å². The molecule has 5 amide bonds. The van der Waals surface area contributed by atoms with Crippen LogP contribution < -0.4 is 43.0 Å². The highest BCUT2D eigenvalue weighted by Crippen LogP contribution is 2.37. The number of unbranched alkanes of at least 4 members (excludes halogenated alkanes) is 2. The molecule has 20 heteroatoms. The lowest BCUT2D eigenvalue weighted by Crippen LogP contribution is -2.59. The Labute approximate surface area is 321 Å². The summed E-state index contributed by atoms with van der Waals surface area (Å²) in [7, 11) is -4.84. The van der Waals surface area contributed by atoms with Crippen molar-refractivity contribution in [3.63, 3.8) is 0 Å². The van der Waals surface area contributed by atoms with Gasteiger partial charge in [0.25, 0.3) is 0 Å². The first-order chi connectivity index (χ1) is 25.9. The van der Waals surface area contributed by atoms with Gasteiger partial charge in [0.15, 0.2) is 0 Å². The first-order valence-corrected chi connectivity index (χ1v) is 20.2. The van der Waals surface area contributed by atoms with E-state index in [4.69, 9.17) is 27.0 Å². The van der Waals surface area contributed by atoms with Crippen molar-refractivity contribution in [3.8, 4) is 5.75 Å². The van der Waals surface area contributed by atoms with Crippen LogP contribution >= 0.6 is 7.82 Å². The molecule has 0 unspecified atom stereocenters. The van der Waals surface area contributed by atoms with E-state index >= 15 is 0 Å². The van der Waals surface area contributed by atoms with Gasteiger partial charge >= 0.3 is 13.8 Å². The number of hydrogen-bond acceptors (Lipinski definition) is 11. The normalized spacial score (nSPS) is 17.0. The lowest BCUT2D eigenvalue weighted by Gasteiger charge is -2.29. The minimum atomic E-state index is -4.84. The van der Waals surface area contributed by atoms with E-state index in [1.54, 1.807) is 20.8 Å². The standard InChI is InChI=1S/C35H59N8O11P/c1-4-25(30(44)42-29(21(2)3)35(49)50)39-31(45)26(11-6-8-18-37)40-32(46)27(20-22-13-15-23(16-14-22)54-55(51,52)53)41-33(47)28-12-9-19-43(28)34(48)24(38)10-5-7-17-36/h13-16,21,24-29H,4-12,17-20,36-38H2,1-3H3,(H,39,45)(H,40,46)(H,41,47)(H,42,44)(H,49,50)(H2,51,52,53)/t24-,25-,26-,27-,28-,29-/m0/s1. The summed E-state index contributed by atoms with van der Waals surface area (Å²) < 4.78 is 15.9. The van der Waals surface area contributed by atoms with E-state index in [9.17, 15) is 38.4 Å². The molecule has 0 saturated carbocycles. The Morgan fingerprint density at radius 1 is 0.855 bits per heavy atom. The molecule has 0 spiro atoms. The molecule has 1 saturated heterocycles. The molecule has 1 aliphatic heterocycles. The highest BCUT2D eigenvalue weighted by Gasteiger charge is 2.38. The highest BCUT2D eigenvalue weighted by molar-refractivity contribution is 7.46. The molecule has 1 aromatic carbocycles. The third kappa shape index (κ3) is 15.9. The van der Waals surface area contributed by atoms with Crippen LogP contribution in [0.1, 0.15) is 84.1 Å². The van der Waals surface area contributed by atoms with Crippen molar-refractivity contribution < 1.29 is 52.7 Å². The number of carboxylic acid groups (broad SMARTS) is 1. The highest BCUT2D eigenvalue weighted by atomic mass is 31.2. The molecule has 13 N–H and O–H groups in total. The second-order valence-electron chi connectivity index (χ2n) is 14.0. The van der Waals surface area contributed by atoms with Gasteiger partial charge in [0, 0.05) is 13.0 Å². The van der Waals surface area contributed by atoms with Crippen molar-refractivity contribution in [1.29, 1.82) is 0 Å². The number of carbonyl (C=O) groups is 6. The zero-order chi connectivity index (χ0) is 41.3. The lowest BCUT2D eigenvalue weighted by atomic mass is 10.0. The summed E-state index contributed by atoms with van der Waals surface area (Å²) in [6, 6.07) is -1.14. The zero-order valence-corrected chi connectivity index (χ0v) is 32.7. The summed E-state index contributed by atoms with van der Waals surface area (Å²) in [5, 5.41) is 20.0. The first kappa shape index (κ1) is 47.0. The number of phosphoric ester groups is 1. The first-order valence-electron chi connectivity index (χ1n) is 18.7. The molecule has 2 rings (SSSR count). The van der Waals surface area contributed by atoms with Gasteiger partial charge in [-0.3, -0.25) is 33.8 Å². The minimum absolute atomic E-state index is 0.110. The maximum absolute atomic E-state index is 14.0. The average molecular weight is 799 g/mol. The smallest absolute Gasteiger partial charge is 0.480 e. The molecule has 1 aliphatic rings. The molecule has 0 aromatic heterocycles. The van der Waals surface area contributed by atoms with Crippen molar-refractivity contribution in [3.05, 3.63) is 29.8 Å². The number of hydrogen-bond donors (Lipinski definition) is 10. The van der Waals surface area contributed by atoms with Crippen LogP contribution in [0.3, 0.4) is 0 Å². The quantitative estimate of drug-likeness (QED) is 0.0460. The van der Waals surface area contributed by atoms with Gasteiger partial charge < -0.3 is 53.0 Å². The second kappa shape index (κ2) is 23.1. The van der Waals surface area contributed by atoms with Crippen LogP contribution in [0.2, 0.25) is 0 Å². The Hall–Kier alpha value is -4.13. The summed E-state index contributed by atoms with van der Waals surface area (Å²) in [5.74, 6) is -5.03. The molecule has 19 nitrogen and oxygen atoms in total. The fourth-order valence-corrected chi connectivity index (χ4v) is 6.51. The van der Waals surface area contributed by atoms with Gasteiger partial charge in [-0.1, -0.05) is 39.3 Å². The van der Waals surface area contributed by atoms with E-state index in [1.165, 1.54) is 29.2 Å². The predicted molar refractivity (Wildman–Crippen MR) is 202 cm³/mol. The third-order valence-corrected chi connectivity index (χ3v) is 9.65. The minimum Gasteiger partial charge on any atom is -0.480 e. The molecule has 55 heavy (non-hydrogen) atoms. The molecular formula is C35H59N8O11P. The Kier molecular flexibility index (Phi) is 19.7. The number of carboxylic acids is 1. The number of nitrogens with zero attached hydrogens (tertiary/aromatic N) is 1. The van der Waals surface area contributed by atoms with E-state index in [1.807, 2.05) is 0 Å². The van der Waals surface area contributed by atoms with Gasteiger partial charge in [0.05, 0.1) is 6.04 Å². The van der Waals surface area contributed by atoms with E-state index in [2.05, 4.69) is 25.8 Å². The Morgan fingerprint density at radius 2 is 1.42 bits per heavy atom. The van der Waals surface area contributed by atoms with E-state index in [0.717, 1.165) is 0 Å². The molecule has 6 atom stereocenters. The number of likely N-dealkylation sites (tertiary alicyclic amines) is 1. The number of phosphoric acid groups is 1. The zero-order valence-electron chi connectivity index (χ0n) is 31.8. The van der Waals surface area contributed by atoms with Crippen molar-refractivity contribution >= 4 is 43.3 Å². The SMILES string of the molecule is CC[C@H](NC(=O)[C@H](CCCCN)NC(=O)[C@H](Cc1ccc(OP(=O)(O)O)cc1)NC(=O)[C@@H]1CCCN1C(=O)[C@@H](N)CCCCN)C(=O)N[C@H](C(=O)O)C(C)C. The van der Waals surface area contributed by atoms with Crippen LogP contribution in [0.15, 0.2) is 24.3 Å². The van der Waals surface area contributed by atoms with Crippen LogP contribution in [0.25, 0.3) is 0 Å². The number of nitrogens with one attached hydrogen (secondary N) is 4. The molecule has 0 bridgehead atoms. The summed E-state index contributed by atoms with van der Waals surface area (Å²) in [5.41, 5.74) is 17.8. The maximum Gasteiger partial charge on any atom is 0.524 e. The predicted octanol–water partition coefficient (Wildman–Crippen LogP) is -0.633. The molecule has 0 aliphatic carbocycles. The Morgan fingerprint density at radius 3 is 1.96 bits per heavy atom. The van der Waals surface area contributed by atoms with Crippen molar-refractivity contribution in [2.24, 2.45) is 23.1 Å². The fourth-order valence-electron chi connectivity index (χ4n) is 6.11. The number of benzene rings is 1. The van der Waals surface area contributed by atoms with Gasteiger partial charge in [0.2, 0.25) is 29.5 Å². The lowest BCUT2D eigenvalue weighted by molar-refractivity contribution is -0.143. The fraction of sp³-hybridized carbons (Fsp3) is 0.657. The number of amides is 5. The summed E-state index contributed by atoms with van der Waals surface area (Å²) in [6.07, 6.45) is 3.56. The van der Waals surface area contributed by atoms with Crippen LogP contribution in [0.5, 0.6) is 5.75 Å². The van der Waals surface area contributed by atoms with Crippen LogP contribution in [-0.4, -0.2) is 111 Å². The van der Waals surface area contributed by atoms with Crippen LogP contribution in [0.4, 0.5) is 0 Å². The van der Waals surface area contributed by atoms with Gasteiger partial charge in [-0.2, -0.15) is 0 Å². The Balaban J connectivity index is 2.37. The van der Waals surface area contributed by atoms with Gasteiger partial charge in [-0.15, -0.1) is 0 Å². The van der Waals surface area contributed by atoms with Crippen LogP contribution in [0, 0.1) is 5.92 Å². The molecule has 1 aromatic rings. The monoisotopic (exact) mass is 798 g/mol. The maximum atomic E-state index is 14.0. The van der Waals surface area contributed by atoms with Crippen LogP contribution in [-0.2, 0) is 39.8 Å². The molecule has 310 valence electrons. The van der Waals surface area contributed by atoms with Crippen molar-refractivity contribution in [2.75, 3.05) is 19.6 Å². The summed E-state index contributed by atoms with van der Waals surface area (Å²) in [4.78, 5) is 99.2. The van der Waals surface area contributed by atoms with Crippen molar-refractivity contribution in [2.45, 2.75) is 121 Å². The average Bonchev–Trinajstić information content (AvgIpc) is 3.62. The molecule has 0 radical (unpaired) electrons. The van der Waals surface area contributed by atoms with E-state index < -0.39 is 85.5 Å². The summed E-state index contributed by atoms with van der Waals surface area (Å²) >= 11 is 0. The molecule has 1 heterocycles. The molecular weight excluding hydrogens is 739 g/mol. The third-order valence-electron chi connectivity index (χ3n) is 9.20. The topological polar surface area (TPSA) is 319 Å².